The largest absolute Gasteiger partial charge is 0.462 e. The Morgan fingerprint density at radius 3 is 0.782 bits per heavy atom. The van der Waals surface area contributed by atoms with Crippen molar-refractivity contribution < 1.29 is 28.6 Å². The summed E-state index contributed by atoms with van der Waals surface area (Å²) in [6.07, 6.45) is 89.6. The van der Waals surface area contributed by atoms with Gasteiger partial charge < -0.3 is 14.2 Å². The van der Waals surface area contributed by atoms with Crippen LogP contribution in [-0.4, -0.2) is 37.2 Å². The van der Waals surface area contributed by atoms with Crippen LogP contribution in [0.2, 0.25) is 0 Å². The van der Waals surface area contributed by atoms with E-state index in [0.717, 1.165) is 122 Å². The van der Waals surface area contributed by atoms with Crippen LogP contribution in [0.1, 0.15) is 310 Å². The average molecular weight is 1080 g/mol. The number of carbonyl (C=O) groups excluding carboxylic acids is 3. The molecule has 0 heterocycles. The Labute approximate surface area is 482 Å². The number of hydrogen-bond acceptors (Lipinski definition) is 6. The molecule has 0 N–H and O–H groups in total. The molecule has 0 aromatic heterocycles. The molecule has 1 atom stereocenters. The maximum absolute atomic E-state index is 12.9. The molecule has 0 bridgehead atoms. The average Bonchev–Trinajstić information content (AvgIpc) is 3.44. The molecule has 0 amide bonds. The molecule has 1 unspecified atom stereocenters. The van der Waals surface area contributed by atoms with Gasteiger partial charge in [-0.25, -0.2) is 0 Å². The number of allylic oxidation sites excluding steroid dienone is 18. The van der Waals surface area contributed by atoms with Gasteiger partial charge in [0.25, 0.3) is 0 Å². The van der Waals surface area contributed by atoms with E-state index in [1.54, 1.807) is 0 Å². The minimum atomic E-state index is -0.779. The SMILES string of the molecule is CC/C=C\C/C=C\C/C=C\C/C=C\C/C=C\C/C=C\C/C=C\C/C=C\C/C=C\CCCCCCCCCC(=O)OCC(COC(=O)CCCCCCCCCCCCCC)OC(=O)CCCCCCCCCCCCCCC. The molecule has 0 aromatic rings. The fraction of sp³-hybridized carbons (Fsp3) is 0.708. The van der Waals surface area contributed by atoms with Gasteiger partial charge in [0, 0.05) is 19.3 Å². The molecule has 6 heteroatoms. The Hall–Kier alpha value is -3.93. The highest BCUT2D eigenvalue weighted by Crippen LogP contribution is 2.16. The van der Waals surface area contributed by atoms with Gasteiger partial charge in [0.05, 0.1) is 0 Å². The van der Waals surface area contributed by atoms with Crippen LogP contribution < -0.4 is 0 Å². The van der Waals surface area contributed by atoms with Crippen LogP contribution in [0.4, 0.5) is 0 Å². The van der Waals surface area contributed by atoms with Crippen molar-refractivity contribution in [2.45, 2.75) is 316 Å². The molecule has 0 fully saturated rings. The maximum Gasteiger partial charge on any atom is 0.306 e. The minimum Gasteiger partial charge on any atom is -0.462 e. The highest BCUT2D eigenvalue weighted by Gasteiger charge is 2.19. The second-order valence-corrected chi connectivity index (χ2v) is 21.7. The van der Waals surface area contributed by atoms with Crippen LogP contribution >= 0.6 is 0 Å². The highest BCUT2D eigenvalue weighted by atomic mass is 16.6. The lowest BCUT2D eigenvalue weighted by Crippen LogP contribution is -2.30. The van der Waals surface area contributed by atoms with Crippen molar-refractivity contribution in [3.05, 3.63) is 109 Å². The second kappa shape index (κ2) is 65.6. The van der Waals surface area contributed by atoms with Gasteiger partial charge in [-0.15, -0.1) is 0 Å². The van der Waals surface area contributed by atoms with Crippen molar-refractivity contribution in [1.82, 2.24) is 0 Å². The molecule has 0 aromatic carbocycles. The van der Waals surface area contributed by atoms with Crippen molar-refractivity contribution in [3.8, 4) is 0 Å². The Bertz CT molecular complexity index is 1570. The first-order valence-corrected chi connectivity index (χ1v) is 32.9. The topological polar surface area (TPSA) is 78.9 Å². The van der Waals surface area contributed by atoms with Crippen LogP contribution in [-0.2, 0) is 28.6 Å². The first-order valence-electron chi connectivity index (χ1n) is 32.9. The minimum absolute atomic E-state index is 0.0767. The molecule has 0 saturated carbocycles. The first-order chi connectivity index (χ1) is 38.5. The fourth-order valence-electron chi connectivity index (χ4n) is 9.14. The third kappa shape index (κ3) is 62.9. The molecule has 446 valence electrons. The van der Waals surface area contributed by atoms with E-state index < -0.39 is 6.10 Å². The number of esters is 3. The summed E-state index contributed by atoms with van der Waals surface area (Å²) in [6, 6.07) is 0. The summed E-state index contributed by atoms with van der Waals surface area (Å²) in [7, 11) is 0. The summed E-state index contributed by atoms with van der Waals surface area (Å²) >= 11 is 0. The lowest BCUT2D eigenvalue weighted by molar-refractivity contribution is -0.167. The van der Waals surface area contributed by atoms with Gasteiger partial charge in [-0.3, -0.25) is 14.4 Å². The van der Waals surface area contributed by atoms with Crippen LogP contribution in [0, 0.1) is 0 Å². The van der Waals surface area contributed by atoms with Crippen LogP contribution in [0.5, 0.6) is 0 Å². The lowest BCUT2D eigenvalue weighted by Gasteiger charge is -2.18. The van der Waals surface area contributed by atoms with Gasteiger partial charge >= 0.3 is 17.9 Å². The molecule has 0 aliphatic carbocycles. The molecule has 0 aliphatic heterocycles. The van der Waals surface area contributed by atoms with Gasteiger partial charge in [-0.1, -0.05) is 310 Å². The number of rotatable bonds is 59. The van der Waals surface area contributed by atoms with Crippen LogP contribution in [0.25, 0.3) is 0 Å². The molecular weight excluding hydrogens is 961 g/mol. The van der Waals surface area contributed by atoms with E-state index in [9.17, 15) is 14.4 Å². The number of ether oxygens (including phenoxy) is 3. The van der Waals surface area contributed by atoms with E-state index in [2.05, 4.69) is 130 Å². The molecular formula is C72H122O6. The Morgan fingerprint density at radius 1 is 0.269 bits per heavy atom. The quantitative estimate of drug-likeness (QED) is 0.0261. The number of unbranched alkanes of at least 4 members (excludes halogenated alkanes) is 30. The number of carbonyl (C=O) groups is 3. The van der Waals surface area contributed by atoms with Gasteiger partial charge in [-0.2, -0.15) is 0 Å². The summed E-state index contributed by atoms with van der Waals surface area (Å²) in [4.78, 5) is 38.2. The second-order valence-electron chi connectivity index (χ2n) is 21.7. The molecule has 0 aliphatic rings. The lowest BCUT2D eigenvalue weighted by atomic mass is 10.0. The number of hydrogen-bond donors (Lipinski definition) is 0. The maximum atomic E-state index is 12.9. The van der Waals surface area contributed by atoms with Gasteiger partial charge in [0.15, 0.2) is 6.10 Å². The Morgan fingerprint density at radius 2 is 0.500 bits per heavy atom. The summed E-state index contributed by atoms with van der Waals surface area (Å²) in [5, 5.41) is 0. The molecule has 0 radical (unpaired) electrons. The zero-order chi connectivity index (χ0) is 56.4. The van der Waals surface area contributed by atoms with Crippen LogP contribution in [0.3, 0.4) is 0 Å². The van der Waals surface area contributed by atoms with Crippen molar-refractivity contribution in [2.24, 2.45) is 0 Å². The molecule has 0 spiro atoms. The molecule has 78 heavy (non-hydrogen) atoms. The highest BCUT2D eigenvalue weighted by molar-refractivity contribution is 5.71. The van der Waals surface area contributed by atoms with Gasteiger partial charge in [0.2, 0.25) is 0 Å². The van der Waals surface area contributed by atoms with E-state index in [0.29, 0.717) is 19.3 Å². The van der Waals surface area contributed by atoms with Gasteiger partial charge in [0.1, 0.15) is 13.2 Å². The predicted octanol–water partition coefficient (Wildman–Crippen LogP) is 22.6. The van der Waals surface area contributed by atoms with E-state index in [1.165, 1.54) is 148 Å². The summed E-state index contributed by atoms with van der Waals surface area (Å²) < 4.78 is 16.9. The third-order valence-electron chi connectivity index (χ3n) is 14.0. The predicted molar refractivity (Wildman–Crippen MR) is 339 cm³/mol. The normalized spacial score (nSPS) is 12.8. The smallest absolute Gasteiger partial charge is 0.306 e. The molecule has 0 rings (SSSR count). The first kappa shape index (κ1) is 74.1. The third-order valence-corrected chi connectivity index (χ3v) is 14.0. The van der Waals surface area contributed by atoms with E-state index in [1.807, 2.05) is 0 Å². The fourth-order valence-corrected chi connectivity index (χ4v) is 9.14. The Balaban J connectivity index is 4.20. The zero-order valence-electron chi connectivity index (χ0n) is 51.2. The van der Waals surface area contributed by atoms with Crippen LogP contribution in [0.15, 0.2) is 109 Å². The summed E-state index contributed by atoms with van der Waals surface area (Å²) in [5.41, 5.74) is 0. The molecule has 6 nitrogen and oxygen atoms in total. The van der Waals surface area contributed by atoms with Crippen molar-refractivity contribution in [3.63, 3.8) is 0 Å². The standard InChI is InChI=1S/C72H122O6/c1-4-7-10-13-16-19-22-25-26-27-28-29-30-31-32-33-34-35-36-37-38-39-40-41-42-43-44-45-46-48-50-53-56-59-62-65-71(74)77-68-69(67-76-70(73)64-61-58-55-52-49-24-21-18-15-12-9-6-3)78-72(75)66-63-60-57-54-51-47-23-20-17-14-11-8-5-2/h7,10,16,19,25-26,28-29,31-32,34-35,37-38,40-41,43-44,69H,4-6,8-9,11-15,17-18,20-24,27,30,33,36,39,42,45-68H2,1-3H3/b10-7-,19-16-,26-25-,29-28-,32-31-,35-34-,38-37-,41-40-,44-43-. The van der Waals surface area contributed by atoms with E-state index in [4.69, 9.17) is 14.2 Å². The van der Waals surface area contributed by atoms with Crippen molar-refractivity contribution >= 4 is 17.9 Å². The van der Waals surface area contributed by atoms with Crippen molar-refractivity contribution in [1.29, 1.82) is 0 Å². The zero-order valence-corrected chi connectivity index (χ0v) is 51.2. The van der Waals surface area contributed by atoms with Crippen molar-refractivity contribution in [2.75, 3.05) is 13.2 Å². The summed E-state index contributed by atoms with van der Waals surface area (Å²) in [6.45, 7) is 6.53. The van der Waals surface area contributed by atoms with E-state index in [-0.39, 0.29) is 31.1 Å². The van der Waals surface area contributed by atoms with E-state index >= 15 is 0 Å². The Kier molecular flexibility index (Phi) is 62.3. The monoisotopic (exact) mass is 1080 g/mol. The molecule has 0 saturated heterocycles. The van der Waals surface area contributed by atoms with Gasteiger partial charge in [-0.05, 0) is 89.9 Å². The summed E-state index contributed by atoms with van der Waals surface area (Å²) in [5.74, 6) is -0.878.